The van der Waals surface area contributed by atoms with Crippen molar-refractivity contribution < 1.29 is 14.3 Å². The molecule has 0 aromatic heterocycles. The number of hydrogen-bond acceptors (Lipinski definition) is 3. The van der Waals surface area contributed by atoms with Crippen molar-refractivity contribution in [2.75, 3.05) is 13.2 Å². The second kappa shape index (κ2) is 7.06. The van der Waals surface area contributed by atoms with Gasteiger partial charge >= 0.3 is 6.03 Å². The van der Waals surface area contributed by atoms with Gasteiger partial charge in [-0.05, 0) is 36.1 Å². The van der Waals surface area contributed by atoms with Gasteiger partial charge in [-0.3, -0.25) is 9.69 Å². The molecule has 0 saturated carbocycles. The van der Waals surface area contributed by atoms with Crippen molar-refractivity contribution in [2.24, 2.45) is 0 Å². The molecule has 2 aliphatic rings. The highest BCUT2D eigenvalue weighted by atomic mass is 35.5. The molecule has 4 rings (SSSR count). The maximum atomic E-state index is 13.0. The molecule has 1 saturated heterocycles. The summed E-state index contributed by atoms with van der Waals surface area (Å²) in [4.78, 5) is 26.7. The highest BCUT2D eigenvalue weighted by molar-refractivity contribution is 6.37. The van der Waals surface area contributed by atoms with Gasteiger partial charge in [-0.15, -0.1) is 0 Å². The average Bonchev–Trinajstić information content (AvgIpc) is 2.87. The molecule has 2 aromatic rings. The van der Waals surface area contributed by atoms with Gasteiger partial charge < -0.3 is 10.1 Å². The molecule has 0 bridgehead atoms. The highest BCUT2D eigenvalue weighted by Crippen LogP contribution is 2.34. The van der Waals surface area contributed by atoms with Crippen LogP contribution in [0.5, 0.6) is 5.75 Å². The average molecular weight is 405 g/mol. The first kappa shape index (κ1) is 18.1. The lowest BCUT2D eigenvalue weighted by Gasteiger charge is -2.32. The normalized spacial score (nSPS) is 21.3. The van der Waals surface area contributed by atoms with Crippen molar-refractivity contribution in [3.63, 3.8) is 0 Å². The fraction of sp³-hybridized carbons (Fsp3) is 0.300. The fourth-order valence-corrected chi connectivity index (χ4v) is 4.27. The molecular weight excluding hydrogens is 387 g/mol. The second-order valence-corrected chi connectivity index (χ2v) is 7.63. The highest BCUT2D eigenvalue weighted by Gasteiger charge is 2.52. The van der Waals surface area contributed by atoms with Gasteiger partial charge in [0.25, 0.3) is 5.91 Å². The van der Waals surface area contributed by atoms with E-state index in [1.165, 1.54) is 10.5 Å². The van der Waals surface area contributed by atoms with Crippen molar-refractivity contribution >= 4 is 35.1 Å². The predicted octanol–water partition coefficient (Wildman–Crippen LogP) is 3.85. The topological polar surface area (TPSA) is 58.6 Å². The summed E-state index contributed by atoms with van der Waals surface area (Å²) in [7, 11) is 0. The Labute approximate surface area is 167 Å². The lowest BCUT2D eigenvalue weighted by Crippen LogP contribution is -2.51. The number of hydrogen-bond donors (Lipinski definition) is 1. The van der Waals surface area contributed by atoms with Crippen LogP contribution < -0.4 is 10.1 Å². The molecule has 27 heavy (non-hydrogen) atoms. The Balaban J connectivity index is 1.45. The van der Waals surface area contributed by atoms with E-state index >= 15 is 0 Å². The number of carbonyl (C=O) groups excluding carboxylic acids is 2. The van der Waals surface area contributed by atoms with E-state index in [0.29, 0.717) is 28.6 Å². The largest absolute Gasteiger partial charge is 0.489 e. The van der Waals surface area contributed by atoms with Crippen LogP contribution in [0.4, 0.5) is 4.79 Å². The molecule has 7 heteroatoms. The number of amides is 3. The van der Waals surface area contributed by atoms with E-state index in [1.807, 2.05) is 18.2 Å². The van der Waals surface area contributed by atoms with Gasteiger partial charge in [0.1, 0.15) is 12.1 Å². The Bertz CT molecular complexity index is 898. The first-order chi connectivity index (χ1) is 13.0. The third-order valence-corrected chi connectivity index (χ3v) is 5.75. The second-order valence-electron chi connectivity index (χ2n) is 6.81. The van der Waals surface area contributed by atoms with E-state index in [-0.39, 0.29) is 25.1 Å². The molecule has 1 N–H and O–H groups in total. The summed E-state index contributed by atoms with van der Waals surface area (Å²) in [6.45, 7) is 0.255. The van der Waals surface area contributed by atoms with Crippen LogP contribution in [0, 0.1) is 0 Å². The zero-order valence-corrected chi connectivity index (χ0v) is 16.0. The monoisotopic (exact) mass is 404 g/mol. The summed E-state index contributed by atoms with van der Waals surface area (Å²) in [6.07, 6.45) is 1.88. The van der Waals surface area contributed by atoms with Crippen LogP contribution in [0.3, 0.4) is 0 Å². The Morgan fingerprint density at radius 2 is 1.74 bits per heavy atom. The number of nitrogens with one attached hydrogen (secondary N) is 1. The van der Waals surface area contributed by atoms with Gasteiger partial charge in [-0.1, -0.05) is 53.5 Å². The molecule has 1 spiro atoms. The number of carbonyl (C=O) groups is 2. The van der Waals surface area contributed by atoms with E-state index in [1.54, 1.807) is 18.2 Å². The Hall–Kier alpha value is -2.24. The summed E-state index contributed by atoms with van der Waals surface area (Å²) >= 11 is 12.2. The number of rotatable bonds is 4. The predicted molar refractivity (Wildman–Crippen MR) is 103 cm³/mol. The smallest absolute Gasteiger partial charge is 0.325 e. The van der Waals surface area contributed by atoms with Crippen LogP contribution in [0.25, 0.3) is 0 Å². The molecule has 1 unspecified atom stereocenters. The number of para-hydroxylation sites is 1. The van der Waals surface area contributed by atoms with Gasteiger partial charge in [-0.2, -0.15) is 0 Å². The van der Waals surface area contributed by atoms with Crippen molar-refractivity contribution in [3.05, 3.63) is 63.6 Å². The van der Waals surface area contributed by atoms with Crippen molar-refractivity contribution in [1.29, 1.82) is 0 Å². The standard InChI is InChI=1S/C20H18Cl2N2O3/c21-15-6-3-7-16(22)17(15)27-11-10-24-18(25)20(23-19(24)26)9-8-13-4-1-2-5-14(13)12-20/h1-7H,8-12H2,(H,23,26). The van der Waals surface area contributed by atoms with Crippen LogP contribution in [-0.2, 0) is 17.6 Å². The van der Waals surface area contributed by atoms with Gasteiger partial charge in [0.05, 0.1) is 16.6 Å². The minimum absolute atomic E-state index is 0.120. The third-order valence-electron chi connectivity index (χ3n) is 5.16. The summed E-state index contributed by atoms with van der Waals surface area (Å²) < 4.78 is 5.62. The quantitative estimate of drug-likeness (QED) is 0.787. The first-order valence-corrected chi connectivity index (χ1v) is 9.53. The first-order valence-electron chi connectivity index (χ1n) is 8.78. The lowest BCUT2D eigenvalue weighted by atomic mass is 9.78. The van der Waals surface area contributed by atoms with Crippen LogP contribution in [0.1, 0.15) is 17.5 Å². The molecule has 1 aliphatic carbocycles. The molecule has 1 atom stereocenters. The fourth-order valence-electron chi connectivity index (χ4n) is 3.76. The van der Waals surface area contributed by atoms with Crippen molar-refractivity contribution in [1.82, 2.24) is 10.2 Å². The third kappa shape index (κ3) is 3.26. The molecule has 140 valence electrons. The van der Waals surface area contributed by atoms with Crippen LogP contribution in [0.2, 0.25) is 10.0 Å². The number of fused-ring (bicyclic) bond motifs is 1. The number of nitrogens with zero attached hydrogens (tertiary/aromatic N) is 1. The molecule has 1 fully saturated rings. The minimum atomic E-state index is -0.854. The Morgan fingerprint density at radius 3 is 2.48 bits per heavy atom. The van der Waals surface area contributed by atoms with E-state index in [2.05, 4.69) is 11.4 Å². The minimum Gasteiger partial charge on any atom is -0.489 e. The van der Waals surface area contributed by atoms with Gasteiger partial charge in [-0.25, -0.2) is 4.79 Å². The van der Waals surface area contributed by atoms with E-state index < -0.39 is 5.54 Å². The van der Waals surface area contributed by atoms with Crippen molar-refractivity contribution in [2.45, 2.75) is 24.8 Å². The van der Waals surface area contributed by atoms with E-state index in [0.717, 1.165) is 12.0 Å². The Morgan fingerprint density at radius 1 is 1.04 bits per heavy atom. The number of halogens is 2. The molecule has 2 aromatic carbocycles. The molecule has 1 aliphatic heterocycles. The maximum absolute atomic E-state index is 13.0. The summed E-state index contributed by atoms with van der Waals surface area (Å²) in [5, 5.41) is 3.69. The number of urea groups is 1. The van der Waals surface area contributed by atoms with Crippen LogP contribution in [0.15, 0.2) is 42.5 Å². The summed E-state index contributed by atoms with van der Waals surface area (Å²) in [5.74, 6) is 0.157. The van der Waals surface area contributed by atoms with E-state index in [4.69, 9.17) is 27.9 Å². The zero-order chi connectivity index (χ0) is 19.0. The molecule has 3 amide bonds. The summed E-state index contributed by atoms with van der Waals surface area (Å²) in [6, 6.07) is 12.7. The van der Waals surface area contributed by atoms with Gasteiger partial charge in [0, 0.05) is 6.42 Å². The lowest BCUT2D eigenvalue weighted by molar-refractivity contribution is -0.132. The molecule has 1 heterocycles. The molecular formula is C20H18Cl2N2O3. The summed E-state index contributed by atoms with van der Waals surface area (Å²) in [5.41, 5.74) is 1.49. The number of aryl methyl sites for hydroxylation is 1. The van der Waals surface area contributed by atoms with Crippen LogP contribution >= 0.6 is 23.2 Å². The number of imide groups is 1. The van der Waals surface area contributed by atoms with Gasteiger partial charge in [0.15, 0.2) is 5.75 Å². The van der Waals surface area contributed by atoms with Crippen LogP contribution in [-0.4, -0.2) is 35.5 Å². The zero-order valence-electron chi connectivity index (χ0n) is 14.5. The maximum Gasteiger partial charge on any atom is 0.325 e. The van der Waals surface area contributed by atoms with Gasteiger partial charge in [0.2, 0.25) is 0 Å². The molecule has 5 nitrogen and oxygen atoms in total. The number of ether oxygens (including phenoxy) is 1. The Kier molecular flexibility index (Phi) is 4.74. The SMILES string of the molecule is O=C1NC2(CCc3ccccc3C2)C(=O)N1CCOc1c(Cl)cccc1Cl. The van der Waals surface area contributed by atoms with E-state index in [9.17, 15) is 9.59 Å². The van der Waals surface area contributed by atoms with Crippen molar-refractivity contribution in [3.8, 4) is 5.75 Å². The number of benzene rings is 2. The molecule has 0 radical (unpaired) electrons.